The first-order valence-electron chi connectivity index (χ1n) is 5.70. The van der Waals surface area contributed by atoms with E-state index in [-0.39, 0.29) is 35.8 Å². The molecule has 1 amide bonds. The summed E-state index contributed by atoms with van der Waals surface area (Å²) in [6.07, 6.45) is -4.45. The molecule has 2 aliphatic rings. The zero-order chi connectivity index (χ0) is 12.9. The molecule has 1 fully saturated rings. The van der Waals surface area contributed by atoms with Gasteiger partial charge in [-0.05, 0) is 11.6 Å². The lowest BCUT2D eigenvalue weighted by molar-refractivity contribution is -0.137. The van der Waals surface area contributed by atoms with Crippen LogP contribution in [0, 0.1) is 5.92 Å². The second-order valence-electron chi connectivity index (χ2n) is 4.63. The zero-order valence-electron chi connectivity index (χ0n) is 9.75. The highest BCUT2D eigenvalue weighted by Gasteiger charge is 2.43. The van der Waals surface area contributed by atoms with E-state index in [1.165, 1.54) is 6.07 Å². The SMILES string of the molecule is Cl.O=C1Nc2c(cccc2C(F)(F)F)[C@H]2CNC[C@@H]12. The third-order valence-corrected chi connectivity index (χ3v) is 3.60. The summed E-state index contributed by atoms with van der Waals surface area (Å²) in [5, 5.41) is 5.46. The summed E-state index contributed by atoms with van der Waals surface area (Å²) >= 11 is 0. The van der Waals surface area contributed by atoms with Gasteiger partial charge in [0, 0.05) is 19.0 Å². The molecule has 2 aliphatic heterocycles. The first kappa shape index (κ1) is 14.1. The van der Waals surface area contributed by atoms with Gasteiger partial charge in [0.1, 0.15) is 0 Å². The van der Waals surface area contributed by atoms with Gasteiger partial charge in [-0.1, -0.05) is 12.1 Å². The lowest BCUT2D eigenvalue weighted by Crippen LogP contribution is -2.34. The molecule has 19 heavy (non-hydrogen) atoms. The molecule has 0 bridgehead atoms. The van der Waals surface area contributed by atoms with Crippen LogP contribution in [0.1, 0.15) is 17.0 Å². The van der Waals surface area contributed by atoms with E-state index >= 15 is 0 Å². The van der Waals surface area contributed by atoms with Gasteiger partial charge in [-0.2, -0.15) is 13.2 Å². The number of amides is 1. The van der Waals surface area contributed by atoms with Gasteiger partial charge in [-0.3, -0.25) is 4.79 Å². The molecule has 3 nitrogen and oxygen atoms in total. The van der Waals surface area contributed by atoms with Gasteiger partial charge in [0.25, 0.3) is 0 Å². The topological polar surface area (TPSA) is 41.1 Å². The molecule has 1 aromatic carbocycles. The van der Waals surface area contributed by atoms with Crippen molar-refractivity contribution in [3.05, 3.63) is 29.3 Å². The molecule has 2 N–H and O–H groups in total. The van der Waals surface area contributed by atoms with E-state index in [1.807, 2.05) is 0 Å². The van der Waals surface area contributed by atoms with Crippen molar-refractivity contribution in [3.8, 4) is 0 Å². The molecule has 0 radical (unpaired) electrons. The van der Waals surface area contributed by atoms with Crippen molar-refractivity contribution in [2.24, 2.45) is 5.92 Å². The lowest BCUT2D eigenvalue weighted by atomic mass is 9.83. The van der Waals surface area contributed by atoms with Crippen LogP contribution in [0.15, 0.2) is 18.2 Å². The Bertz CT molecular complexity index is 518. The van der Waals surface area contributed by atoms with Crippen molar-refractivity contribution in [1.29, 1.82) is 0 Å². The summed E-state index contributed by atoms with van der Waals surface area (Å²) in [6.45, 7) is 1.07. The highest BCUT2D eigenvalue weighted by molar-refractivity contribution is 5.98. The number of rotatable bonds is 0. The average molecular weight is 293 g/mol. The van der Waals surface area contributed by atoms with Crippen LogP contribution in [0.25, 0.3) is 0 Å². The minimum absolute atomic E-state index is 0. The van der Waals surface area contributed by atoms with Gasteiger partial charge in [0.05, 0.1) is 17.2 Å². The Kier molecular flexibility index (Phi) is 3.49. The molecule has 3 rings (SSSR count). The maximum absolute atomic E-state index is 12.9. The number of hydrogen-bond acceptors (Lipinski definition) is 2. The fourth-order valence-electron chi connectivity index (χ4n) is 2.75. The number of halogens is 4. The van der Waals surface area contributed by atoms with Gasteiger partial charge in [-0.25, -0.2) is 0 Å². The Hall–Kier alpha value is -1.27. The van der Waals surface area contributed by atoms with Crippen molar-refractivity contribution in [3.63, 3.8) is 0 Å². The van der Waals surface area contributed by atoms with Gasteiger partial charge in [0.2, 0.25) is 5.91 Å². The van der Waals surface area contributed by atoms with Crippen molar-refractivity contribution in [2.75, 3.05) is 18.4 Å². The minimum Gasteiger partial charge on any atom is -0.325 e. The fourth-order valence-corrected chi connectivity index (χ4v) is 2.75. The van der Waals surface area contributed by atoms with Gasteiger partial charge in [0.15, 0.2) is 0 Å². The Morgan fingerprint density at radius 2 is 1.84 bits per heavy atom. The molecule has 1 saturated heterocycles. The number of para-hydroxylation sites is 1. The number of benzene rings is 1. The van der Waals surface area contributed by atoms with E-state index in [0.717, 1.165) is 6.07 Å². The van der Waals surface area contributed by atoms with E-state index in [9.17, 15) is 18.0 Å². The standard InChI is InChI=1S/C12H11F3N2O.ClH/c13-12(14,15)9-3-1-2-6-7-4-16-5-8(7)11(18)17-10(6)9;/h1-3,7-8,16H,4-5H2,(H,17,18);1H/t7-,8-;/m1./s1. The molecule has 104 valence electrons. The minimum atomic E-state index is -4.45. The van der Waals surface area contributed by atoms with E-state index < -0.39 is 11.7 Å². The van der Waals surface area contributed by atoms with Crippen LogP contribution in [0.3, 0.4) is 0 Å². The summed E-state index contributed by atoms with van der Waals surface area (Å²) in [5.41, 5.74) is -0.252. The Labute approximate surface area is 114 Å². The number of nitrogens with one attached hydrogen (secondary N) is 2. The van der Waals surface area contributed by atoms with E-state index in [0.29, 0.717) is 18.7 Å². The van der Waals surface area contributed by atoms with Crippen molar-refractivity contribution in [1.82, 2.24) is 5.32 Å². The number of anilines is 1. The maximum Gasteiger partial charge on any atom is 0.418 e. The molecule has 0 saturated carbocycles. The Morgan fingerprint density at radius 3 is 2.53 bits per heavy atom. The smallest absolute Gasteiger partial charge is 0.325 e. The molecule has 0 unspecified atom stereocenters. The molecule has 0 aromatic heterocycles. The molecule has 0 spiro atoms. The summed E-state index contributed by atoms with van der Waals surface area (Å²) in [6, 6.07) is 4.06. The van der Waals surface area contributed by atoms with E-state index in [2.05, 4.69) is 10.6 Å². The molecule has 0 aliphatic carbocycles. The van der Waals surface area contributed by atoms with Crippen LogP contribution in [0.5, 0.6) is 0 Å². The molecular formula is C12H12ClF3N2O. The van der Waals surface area contributed by atoms with Crippen molar-refractivity contribution >= 4 is 24.0 Å². The molecule has 2 atom stereocenters. The summed E-state index contributed by atoms with van der Waals surface area (Å²) in [5.74, 6) is -0.744. The predicted molar refractivity (Wildman–Crippen MR) is 66.4 cm³/mol. The summed E-state index contributed by atoms with van der Waals surface area (Å²) < 4.78 is 38.6. The van der Waals surface area contributed by atoms with Crippen molar-refractivity contribution < 1.29 is 18.0 Å². The monoisotopic (exact) mass is 292 g/mol. The molecule has 1 aromatic rings. The Morgan fingerprint density at radius 1 is 1.16 bits per heavy atom. The van der Waals surface area contributed by atoms with E-state index in [4.69, 9.17) is 0 Å². The maximum atomic E-state index is 12.9. The highest BCUT2D eigenvalue weighted by Crippen LogP contribution is 2.44. The third-order valence-electron chi connectivity index (χ3n) is 3.60. The summed E-state index contributed by atoms with van der Waals surface area (Å²) in [4.78, 5) is 11.8. The van der Waals surface area contributed by atoms with Crippen LogP contribution in [-0.2, 0) is 11.0 Å². The fraction of sp³-hybridized carbons (Fsp3) is 0.417. The number of fused-ring (bicyclic) bond motifs is 3. The first-order chi connectivity index (χ1) is 8.48. The van der Waals surface area contributed by atoms with Gasteiger partial charge in [-0.15, -0.1) is 12.4 Å². The number of alkyl halides is 3. The predicted octanol–water partition coefficient (Wildman–Crippen LogP) is 2.38. The second kappa shape index (κ2) is 4.68. The number of carbonyl (C=O) groups is 1. The molecular weight excluding hydrogens is 281 g/mol. The molecule has 7 heteroatoms. The quantitative estimate of drug-likeness (QED) is 0.771. The van der Waals surface area contributed by atoms with E-state index in [1.54, 1.807) is 6.07 Å². The van der Waals surface area contributed by atoms with Gasteiger partial charge >= 0.3 is 6.18 Å². The largest absolute Gasteiger partial charge is 0.418 e. The lowest BCUT2D eigenvalue weighted by Gasteiger charge is -2.29. The van der Waals surface area contributed by atoms with Crippen LogP contribution in [0.4, 0.5) is 18.9 Å². The Balaban J connectivity index is 0.00000133. The number of hydrogen-bond donors (Lipinski definition) is 2. The molecule has 2 heterocycles. The first-order valence-corrected chi connectivity index (χ1v) is 5.70. The van der Waals surface area contributed by atoms with Gasteiger partial charge < -0.3 is 10.6 Å². The van der Waals surface area contributed by atoms with Crippen molar-refractivity contribution in [2.45, 2.75) is 12.1 Å². The summed E-state index contributed by atoms with van der Waals surface area (Å²) in [7, 11) is 0. The normalized spacial score (nSPS) is 25.1. The van der Waals surface area contributed by atoms with Crippen LogP contribution in [0.2, 0.25) is 0 Å². The highest BCUT2D eigenvalue weighted by atomic mass is 35.5. The zero-order valence-corrected chi connectivity index (χ0v) is 10.6. The van der Waals surface area contributed by atoms with Crippen LogP contribution in [-0.4, -0.2) is 19.0 Å². The third kappa shape index (κ3) is 2.19. The number of carbonyl (C=O) groups excluding carboxylic acids is 1. The second-order valence-corrected chi connectivity index (χ2v) is 4.63. The van der Waals surface area contributed by atoms with Crippen LogP contribution < -0.4 is 10.6 Å². The average Bonchev–Trinajstić information content (AvgIpc) is 2.77. The van der Waals surface area contributed by atoms with Crippen LogP contribution >= 0.6 is 12.4 Å².